The van der Waals surface area contributed by atoms with Crippen LogP contribution < -0.4 is 10.6 Å². The highest BCUT2D eigenvalue weighted by Gasteiger charge is 2.19. The second-order valence-corrected chi connectivity index (χ2v) is 6.98. The van der Waals surface area contributed by atoms with E-state index in [0.29, 0.717) is 24.3 Å². The molecule has 1 heterocycles. The Hall–Kier alpha value is -2.77. The number of nitrogens with one attached hydrogen (secondary N) is 2. The summed E-state index contributed by atoms with van der Waals surface area (Å²) < 4.78 is 28.3. The third kappa shape index (κ3) is 5.15. The van der Waals surface area contributed by atoms with Crippen LogP contribution in [0.4, 0.5) is 14.6 Å². The SMILES string of the molecule is O=C(CCCNC(=O)c1ccc(F)cc1F)Nc1ccnn1C1CCCCC1. The molecule has 2 N–H and O–H groups in total. The van der Waals surface area contributed by atoms with E-state index < -0.39 is 17.5 Å². The number of aromatic nitrogens is 2. The van der Waals surface area contributed by atoms with Crippen molar-refractivity contribution in [2.45, 2.75) is 51.0 Å². The number of rotatable bonds is 7. The summed E-state index contributed by atoms with van der Waals surface area (Å²) in [5.41, 5.74) is -0.220. The second-order valence-electron chi connectivity index (χ2n) is 6.98. The van der Waals surface area contributed by atoms with Crippen LogP contribution in [0.1, 0.15) is 61.3 Å². The minimum absolute atomic E-state index is 0.167. The third-order valence-electron chi connectivity index (χ3n) is 4.90. The largest absolute Gasteiger partial charge is 0.352 e. The molecule has 0 spiro atoms. The molecule has 1 aliphatic carbocycles. The molecule has 6 nitrogen and oxygen atoms in total. The molecule has 0 unspecified atom stereocenters. The summed E-state index contributed by atoms with van der Waals surface area (Å²) in [7, 11) is 0. The van der Waals surface area contributed by atoms with Gasteiger partial charge in [0.15, 0.2) is 0 Å². The Kier molecular flexibility index (Phi) is 6.73. The molecule has 0 radical (unpaired) electrons. The Morgan fingerprint density at radius 3 is 2.68 bits per heavy atom. The predicted octanol–water partition coefficient (Wildman–Crippen LogP) is 3.82. The topological polar surface area (TPSA) is 76.0 Å². The van der Waals surface area contributed by atoms with Crippen molar-refractivity contribution in [2.75, 3.05) is 11.9 Å². The Bertz CT molecular complexity index is 831. The lowest BCUT2D eigenvalue weighted by Gasteiger charge is -2.23. The Labute approximate surface area is 162 Å². The van der Waals surface area contributed by atoms with Gasteiger partial charge in [0.25, 0.3) is 5.91 Å². The summed E-state index contributed by atoms with van der Waals surface area (Å²) in [5, 5.41) is 9.75. The molecular weight excluding hydrogens is 366 g/mol. The highest BCUT2D eigenvalue weighted by Crippen LogP contribution is 2.29. The number of halogens is 2. The first-order valence-electron chi connectivity index (χ1n) is 9.61. The van der Waals surface area contributed by atoms with Gasteiger partial charge in [-0.05, 0) is 31.4 Å². The van der Waals surface area contributed by atoms with Crippen LogP contribution >= 0.6 is 0 Å². The molecule has 2 amide bonds. The first-order valence-corrected chi connectivity index (χ1v) is 9.61. The summed E-state index contributed by atoms with van der Waals surface area (Å²) in [6.07, 6.45) is 8.01. The van der Waals surface area contributed by atoms with Gasteiger partial charge in [-0.15, -0.1) is 0 Å². The van der Waals surface area contributed by atoms with Crippen molar-refractivity contribution < 1.29 is 18.4 Å². The summed E-state index contributed by atoms with van der Waals surface area (Å²) in [5.74, 6) is -1.76. The molecule has 150 valence electrons. The second kappa shape index (κ2) is 9.43. The molecule has 1 fully saturated rings. The van der Waals surface area contributed by atoms with E-state index in [9.17, 15) is 18.4 Å². The van der Waals surface area contributed by atoms with Crippen LogP contribution in [0.3, 0.4) is 0 Å². The summed E-state index contributed by atoms with van der Waals surface area (Å²) in [6.45, 7) is 0.213. The summed E-state index contributed by atoms with van der Waals surface area (Å²) in [4.78, 5) is 24.1. The zero-order chi connectivity index (χ0) is 19.9. The molecule has 28 heavy (non-hydrogen) atoms. The fourth-order valence-corrected chi connectivity index (χ4v) is 3.45. The van der Waals surface area contributed by atoms with Gasteiger partial charge in [-0.1, -0.05) is 19.3 Å². The monoisotopic (exact) mass is 390 g/mol. The Balaban J connectivity index is 1.43. The highest BCUT2D eigenvalue weighted by molar-refractivity contribution is 5.94. The van der Waals surface area contributed by atoms with Crippen LogP contribution in [0.2, 0.25) is 0 Å². The maximum Gasteiger partial charge on any atom is 0.254 e. The predicted molar refractivity (Wildman–Crippen MR) is 101 cm³/mol. The van der Waals surface area contributed by atoms with Crippen molar-refractivity contribution in [3.8, 4) is 0 Å². The van der Waals surface area contributed by atoms with Gasteiger partial charge in [-0.2, -0.15) is 5.10 Å². The van der Waals surface area contributed by atoms with Crippen molar-refractivity contribution in [3.63, 3.8) is 0 Å². The molecule has 1 aromatic carbocycles. The van der Waals surface area contributed by atoms with E-state index in [2.05, 4.69) is 15.7 Å². The molecule has 1 aliphatic rings. The lowest BCUT2D eigenvalue weighted by Crippen LogP contribution is -2.26. The van der Waals surface area contributed by atoms with E-state index in [1.807, 2.05) is 4.68 Å². The molecule has 3 rings (SSSR count). The van der Waals surface area contributed by atoms with Crippen molar-refractivity contribution in [1.82, 2.24) is 15.1 Å². The number of nitrogens with zero attached hydrogens (tertiary/aromatic N) is 2. The quantitative estimate of drug-likeness (QED) is 0.706. The average Bonchev–Trinajstić information content (AvgIpc) is 3.14. The molecular formula is C20H24F2N4O2. The first kappa shape index (κ1) is 20.0. The highest BCUT2D eigenvalue weighted by atomic mass is 19.1. The van der Waals surface area contributed by atoms with E-state index in [4.69, 9.17) is 0 Å². The van der Waals surface area contributed by atoms with E-state index >= 15 is 0 Å². The molecule has 8 heteroatoms. The van der Waals surface area contributed by atoms with Gasteiger partial charge in [0.1, 0.15) is 17.5 Å². The van der Waals surface area contributed by atoms with E-state index in [0.717, 1.165) is 25.0 Å². The van der Waals surface area contributed by atoms with Gasteiger partial charge in [0.05, 0.1) is 17.8 Å². The van der Waals surface area contributed by atoms with Crippen LogP contribution in [0, 0.1) is 11.6 Å². The van der Waals surface area contributed by atoms with Crippen LogP contribution in [0.15, 0.2) is 30.5 Å². The maximum absolute atomic E-state index is 13.6. The minimum Gasteiger partial charge on any atom is -0.352 e. The smallest absolute Gasteiger partial charge is 0.254 e. The molecule has 0 bridgehead atoms. The van der Waals surface area contributed by atoms with Crippen LogP contribution in [0.25, 0.3) is 0 Å². The third-order valence-corrected chi connectivity index (χ3v) is 4.90. The zero-order valence-electron chi connectivity index (χ0n) is 15.6. The lowest BCUT2D eigenvalue weighted by molar-refractivity contribution is -0.116. The summed E-state index contributed by atoms with van der Waals surface area (Å²) >= 11 is 0. The van der Waals surface area contributed by atoms with Crippen LogP contribution in [-0.2, 0) is 4.79 Å². The van der Waals surface area contributed by atoms with Crippen molar-refractivity contribution in [1.29, 1.82) is 0 Å². The molecule has 0 atom stereocenters. The van der Waals surface area contributed by atoms with Gasteiger partial charge in [0.2, 0.25) is 5.91 Å². The van der Waals surface area contributed by atoms with E-state index in [-0.39, 0.29) is 24.4 Å². The number of anilines is 1. The minimum atomic E-state index is -0.911. The van der Waals surface area contributed by atoms with Gasteiger partial charge < -0.3 is 10.6 Å². The number of hydrogen-bond acceptors (Lipinski definition) is 3. The summed E-state index contributed by atoms with van der Waals surface area (Å²) in [6, 6.07) is 4.90. The average molecular weight is 390 g/mol. The van der Waals surface area contributed by atoms with Gasteiger partial charge >= 0.3 is 0 Å². The van der Waals surface area contributed by atoms with Crippen molar-refractivity contribution >= 4 is 17.6 Å². The fourth-order valence-electron chi connectivity index (χ4n) is 3.45. The van der Waals surface area contributed by atoms with Crippen LogP contribution in [0.5, 0.6) is 0 Å². The molecule has 1 aromatic heterocycles. The van der Waals surface area contributed by atoms with E-state index in [1.165, 1.54) is 19.3 Å². The van der Waals surface area contributed by atoms with Crippen molar-refractivity contribution in [3.05, 3.63) is 47.7 Å². The van der Waals surface area contributed by atoms with Crippen molar-refractivity contribution in [2.24, 2.45) is 0 Å². The zero-order valence-corrected chi connectivity index (χ0v) is 15.6. The van der Waals surface area contributed by atoms with Gasteiger partial charge in [-0.25, -0.2) is 13.5 Å². The van der Waals surface area contributed by atoms with Crippen LogP contribution in [-0.4, -0.2) is 28.1 Å². The van der Waals surface area contributed by atoms with Gasteiger partial charge in [-0.3, -0.25) is 9.59 Å². The Morgan fingerprint density at radius 2 is 1.93 bits per heavy atom. The molecule has 1 saturated carbocycles. The van der Waals surface area contributed by atoms with Gasteiger partial charge in [0, 0.05) is 25.1 Å². The standard InChI is InChI=1S/C20H24F2N4O2/c21-14-8-9-16(17(22)13-14)20(28)23-11-4-7-19(27)25-18-10-12-24-26(18)15-5-2-1-3-6-15/h8-10,12-13,15H,1-7,11H2,(H,23,28)(H,25,27). The fraction of sp³-hybridized carbons (Fsp3) is 0.450. The number of benzene rings is 1. The number of carbonyl (C=O) groups is 2. The number of carbonyl (C=O) groups excluding carboxylic acids is 2. The molecule has 0 saturated heterocycles. The lowest BCUT2D eigenvalue weighted by atomic mass is 9.96. The number of hydrogen-bond donors (Lipinski definition) is 2. The molecule has 0 aliphatic heterocycles. The molecule has 2 aromatic rings. The normalized spacial score (nSPS) is 14.6. The van der Waals surface area contributed by atoms with E-state index in [1.54, 1.807) is 12.3 Å². The first-order chi connectivity index (χ1) is 13.5. The maximum atomic E-state index is 13.6. The number of amides is 2. The Morgan fingerprint density at radius 1 is 1.14 bits per heavy atom.